The average molecular weight is 172 g/mol. The van der Waals surface area contributed by atoms with Crippen LogP contribution in [0.5, 0.6) is 0 Å². The minimum atomic E-state index is -0.831. The summed E-state index contributed by atoms with van der Waals surface area (Å²) in [5, 5.41) is 10.2. The lowest BCUT2D eigenvalue weighted by Gasteiger charge is -1.86. The summed E-state index contributed by atoms with van der Waals surface area (Å²) >= 11 is 1.26. The van der Waals surface area contributed by atoms with E-state index in [4.69, 9.17) is 5.11 Å². The Morgan fingerprint density at radius 3 is 2.27 bits per heavy atom. The number of hydrogen-bond donors (Lipinski definition) is 1. The third-order valence-electron chi connectivity index (χ3n) is 1.06. The van der Waals surface area contributed by atoms with E-state index in [0.717, 1.165) is 5.56 Å². The maximum Gasteiger partial charge on any atom is 0.346 e. The Labute approximate surface area is 70.5 Å². The molecule has 0 atom stereocenters. The third-order valence-corrected chi connectivity index (χ3v) is 2.06. The van der Waals surface area contributed by atoms with Crippen molar-refractivity contribution in [2.45, 2.75) is 20.8 Å². The molecule has 0 aliphatic heterocycles. The molecule has 1 aromatic heterocycles. The highest BCUT2D eigenvalue weighted by Crippen LogP contribution is 2.14. The molecule has 1 aromatic rings. The second-order valence-electron chi connectivity index (χ2n) is 1.74. The molecule has 0 fully saturated rings. The van der Waals surface area contributed by atoms with Crippen molar-refractivity contribution in [1.82, 2.24) is 0 Å². The molecule has 0 saturated carbocycles. The van der Waals surface area contributed by atoms with Gasteiger partial charge in [0, 0.05) is 0 Å². The molecule has 1 N–H and O–H groups in total. The average Bonchev–Trinajstić information content (AvgIpc) is 2.39. The highest BCUT2D eigenvalue weighted by molar-refractivity contribution is 7.12. The van der Waals surface area contributed by atoms with Gasteiger partial charge in [-0.3, -0.25) is 0 Å². The molecule has 0 aliphatic carbocycles. The minimum absolute atomic E-state index is 0.440. The minimum Gasteiger partial charge on any atom is -0.477 e. The van der Waals surface area contributed by atoms with Crippen LogP contribution in [-0.2, 0) is 0 Å². The molecule has 0 radical (unpaired) electrons. The van der Waals surface area contributed by atoms with Gasteiger partial charge < -0.3 is 5.11 Å². The largest absolute Gasteiger partial charge is 0.477 e. The Morgan fingerprint density at radius 2 is 2.09 bits per heavy atom. The number of thiophene rings is 1. The quantitative estimate of drug-likeness (QED) is 0.707. The molecule has 62 valence electrons. The predicted octanol–water partition coefficient (Wildman–Crippen LogP) is 2.78. The van der Waals surface area contributed by atoms with Crippen molar-refractivity contribution < 1.29 is 9.90 Å². The standard InChI is InChI=1S/C6H6O2S.C2H6/c1-4-2-3-9-5(4)6(7)8;1-2/h2-3H,1H3,(H,7,8);1-2H3. The van der Waals surface area contributed by atoms with Crippen molar-refractivity contribution in [3.05, 3.63) is 21.9 Å². The normalized spacial score (nSPS) is 8.27. The van der Waals surface area contributed by atoms with Crippen LogP contribution in [0.3, 0.4) is 0 Å². The zero-order valence-corrected chi connectivity index (χ0v) is 7.73. The highest BCUT2D eigenvalue weighted by Gasteiger charge is 2.05. The second kappa shape index (κ2) is 4.91. The van der Waals surface area contributed by atoms with E-state index >= 15 is 0 Å². The molecule has 2 nitrogen and oxygen atoms in total. The lowest BCUT2D eigenvalue weighted by molar-refractivity contribution is 0.0701. The molecule has 0 saturated heterocycles. The molecule has 1 rings (SSSR count). The summed E-state index contributed by atoms with van der Waals surface area (Å²) in [6.07, 6.45) is 0. The smallest absolute Gasteiger partial charge is 0.346 e. The Hall–Kier alpha value is -0.830. The van der Waals surface area contributed by atoms with E-state index in [-0.39, 0.29) is 0 Å². The van der Waals surface area contributed by atoms with Crippen LogP contribution in [0.1, 0.15) is 29.1 Å². The van der Waals surface area contributed by atoms with Crippen LogP contribution < -0.4 is 0 Å². The number of rotatable bonds is 1. The zero-order valence-electron chi connectivity index (χ0n) is 6.92. The van der Waals surface area contributed by atoms with Gasteiger partial charge in [0.2, 0.25) is 0 Å². The van der Waals surface area contributed by atoms with Crippen molar-refractivity contribution >= 4 is 17.3 Å². The van der Waals surface area contributed by atoms with Gasteiger partial charge in [0.05, 0.1) is 0 Å². The summed E-state index contributed by atoms with van der Waals surface area (Å²) in [5.74, 6) is -0.831. The Balaban J connectivity index is 0.000000461. The van der Waals surface area contributed by atoms with E-state index in [9.17, 15) is 4.79 Å². The van der Waals surface area contributed by atoms with Gasteiger partial charge in [0.1, 0.15) is 4.88 Å². The van der Waals surface area contributed by atoms with E-state index in [1.807, 2.05) is 13.8 Å². The number of aromatic carboxylic acids is 1. The van der Waals surface area contributed by atoms with Gasteiger partial charge in [0.15, 0.2) is 0 Å². The Kier molecular flexibility index (Phi) is 4.54. The molecule has 0 amide bonds. The maximum absolute atomic E-state index is 10.3. The van der Waals surface area contributed by atoms with E-state index in [0.29, 0.717) is 4.88 Å². The van der Waals surface area contributed by atoms with E-state index < -0.39 is 5.97 Å². The monoisotopic (exact) mass is 172 g/mol. The first kappa shape index (κ1) is 10.2. The van der Waals surface area contributed by atoms with Gasteiger partial charge in [-0.25, -0.2) is 4.79 Å². The summed E-state index contributed by atoms with van der Waals surface area (Å²) in [6, 6.07) is 1.80. The van der Waals surface area contributed by atoms with E-state index in [1.165, 1.54) is 11.3 Å². The molecule has 11 heavy (non-hydrogen) atoms. The summed E-state index contributed by atoms with van der Waals surface area (Å²) in [6.45, 7) is 5.79. The topological polar surface area (TPSA) is 37.3 Å². The molecule has 3 heteroatoms. The van der Waals surface area contributed by atoms with Crippen LogP contribution >= 0.6 is 11.3 Å². The van der Waals surface area contributed by atoms with Crippen molar-refractivity contribution in [2.24, 2.45) is 0 Å². The highest BCUT2D eigenvalue weighted by atomic mass is 32.1. The molecule has 1 heterocycles. The van der Waals surface area contributed by atoms with Crippen molar-refractivity contribution in [1.29, 1.82) is 0 Å². The number of aryl methyl sites for hydroxylation is 1. The Morgan fingerprint density at radius 1 is 1.55 bits per heavy atom. The SMILES string of the molecule is CC.Cc1ccsc1C(=O)O. The van der Waals surface area contributed by atoms with Crippen molar-refractivity contribution in [3.8, 4) is 0 Å². The summed E-state index contributed by atoms with van der Waals surface area (Å²) in [4.78, 5) is 10.7. The van der Waals surface area contributed by atoms with Gasteiger partial charge in [-0.2, -0.15) is 0 Å². The first-order valence-corrected chi connectivity index (χ1v) is 4.37. The van der Waals surface area contributed by atoms with E-state index in [2.05, 4.69) is 0 Å². The summed E-state index contributed by atoms with van der Waals surface area (Å²) in [7, 11) is 0. The van der Waals surface area contributed by atoms with Crippen molar-refractivity contribution in [2.75, 3.05) is 0 Å². The van der Waals surface area contributed by atoms with Crippen LogP contribution in [0.4, 0.5) is 0 Å². The number of carboxylic acid groups (broad SMARTS) is 1. The maximum atomic E-state index is 10.3. The fourth-order valence-electron chi connectivity index (χ4n) is 0.592. The van der Waals surface area contributed by atoms with Crippen LogP contribution in [0.25, 0.3) is 0 Å². The molecule has 0 bridgehead atoms. The van der Waals surface area contributed by atoms with Crippen LogP contribution in [0.15, 0.2) is 11.4 Å². The molecular weight excluding hydrogens is 160 g/mol. The lowest BCUT2D eigenvalue weighted by Crippen LogP contribution is -1.92. The number of hydrogen-bond acceptors (Lipinski definition) is 2. The third kappa shape index (κ3) is 2.72. The molecule has 0 unspecified atom stereocenters. The van der Waals surface area contributed by atoms with Gasteiger partial charge in [-0.05, 0) is 23.9 Å². The first-order chi connectivity index (χ1) is 5.22. The van der Waals surface area contributed by atoms with Gasteiger partial charge >= 0.3 is 5.97 Å². The van der Waals surface area contributed by atoms with Crippen molar-refractivity contribution in [3.63, 3.8) is 0 Å². The fourth-order valence-corrected chi connectivity index (χ4v) is 1.35. The fraction of sp³-hybridized carbons (Fsp3) is 0.375. The van der Waals surface area contributed by atoms with Crippen LogP contribution in [-0.4, -0.2) is 11.1 Å². The molecule has 0 aromatic carbocycles. The summed E-state index contributed by atoms with van der Waals surface area (Å²) in [5.41, 5.74) is 0.840. The predicted molar refractivity (Wildman–Crippen MR) is 47.4 cm³/mol. The molecule has 0 spiro atoms. The lowest BCUT2D eigenvalue weighted by atomic mass is 10.3. The van der Waals surface area contributed by atoms with Gasteiger partial charge in [-0.1, -0.05) is 13.8 Å². The molecular formula is C8H12O2S. The Bertz CT molecular complexity index is 228. The number of carboxylic acids is 1. The van der Waals surface area contributed by atoms with Crippen LogP contribution in [0, 0.1) is 6.92 Å². The second-order valence-corrected chi connectivity index (χ2v) is 2.65. The van der Waals surface area contributed by atoms with E-state index in [1.54, 1.807) is 18.4 Å². The van der Waals surface area contributed by atoms with Gasteiger partial charge in [-0.15, -0.1) is 11.3 Å². The van der Waals surface area contributed by atoms with Gasteiger partial charge in [0.25, 0.3) is 0 Å². The summed E-state index contributed by atoms with van der Waals surface area (Å²) < 4.78 is 0. The van der Waals surface area contributed by atoms with Crippen LogP contribution in [0.2, 0.25) is 0 Å². The molecule has 0 aliphatic rings. The number of carbonyl (C=O) groups is 1. The first-order valence-electron chi connectivity index (χ1n) is 3.49. The zero-order chi connectivity index (χ0) is 8.85.